The van der Waals surface area contributed by atoms with Crippen LogP contribution in [-0.4, -0.2) is 44.1 Å². The minimum absolute atomic E-state index is 0.0788. The number of nitrogens with one attached hydrogen (secondary N) is 2. The molecule has 0 aliphatic heterocycles. The minimum Gasteiger partial charge on any atom is -0.480 e. The highest BCUT2D eigenvalue weighted by molar-refractivity contribution is 5.93. The maximum absolute atomic E-state index is 11.4. The lowest BCUT2D eigenvalue weighted by molar-refractivity contribution is -0.139. The Kier molecular flexibility index (Phi) is 4.14. The first-order valence-electron chi connectivity index (χ1n) is 4.68. The second-order valence-corrected chi connectivity index (χ2v) is 3.20. The lowest BCUT2D eigenvalue weighted by Gasteiger charge is -2.12. The predicted octanol–water partition coefficient (Wildman–Crippen LogP) is -1.75. The van der Waals surface area contributed by atoms with Gasteiger partial charge in [-0.25, -0.2) is 9.78 Å². The maximum Gasteiger partial charge on any atom is 0.326 e. The molecule has 0 aromatic carbocycles. The quantitative estimate of drug-likeness (QED) is 0.463. The number of rotatable bonds is 6. The summed E-state index contributed by atoms with van der Waals surface area (Å²) in [7, 11) is 0. The summed E-state index contributed by atoms with van der Waals surface area (Å²) in [5, 5.41) is 16.8. The lowest BCUT2D eigenvalue weighted by atomic mass is 10.1. The molecule has 1 atom stereocenters. The van der Waals surface area contributed by atoms with Crippen LogP contribution >= 0.6 is 0 Å². The second-order valence-electron chi connectivity index (χ2n) is 3.20. The number of carbonyl (C=O) groups is 3. The molecule has 0 unspecified atom stereocenters. The second kappa shape index (κ2) is 5.58. The lowest BCUT2D eigenvalue weighted by Crippen LogP contribution is -2.41. The molecular formula is C8H11N5O4. The van der Waals surface area contributed by atoms with Gasteiger partial charge in [-0.2, -0.15) is 5.10 Å². The molecule has 1 heterocycles. The first kappa shape index (κ1) is 12.6. The molecule has 1 aromatic rings. The zero-order valence-electron chi connectivity index (χ0n) is 8.71. The molecule has 0 aliphatic carbocycles. The number of aliphatic carboxylic acids is 1. The summed E-state index contributed by atoms with van der Waals surface area (Å²) in [5.74, 6) is -2.70. The van der Waals surface area contributed by atoms with E-state index in [1.165, 1.54) is 0 Å². The van der Waals surface area contributed by atoms with Crippen LogP contribution < -0.4 is 11.1 Å². The average Bonchev–Trinajstić information content (AvgIpc) is 2.76. The number of aromatic nitrogens is 3. The summed E-state index contributed by atoms with van der Waals surface area (Å²) >= 11 is 0. The van der Waals surface area contributed by atoms with Crippen LogP contribution in [0.2, 0.25) is 0 Å². The summed E-state index contributed by atoms with van der Waals surface area (Å²) in [4.78, 5) is 36.3. The number of carbonyl (C=O) groups excluding carboxylic acids is 2. The molecule has 0 saturated heterocycles. The Bertz CT molecular complexity index is 416. The van der Waals surface area contributed by atoms with E-state index in [1.807, 2.05) is 0 Å². The molecule has 92 valence electrons. The number of hydrogen-bond acceptors (Lipinski definition) is 5. The molecule has 2 amide bonds. The van der Waals surface area contributed by atoms with E-state index in [0.717, 1.165) is 6.33 Å². The smallest absolute Gasteiger partial charge is 0.326 e. The number of nitrogens with zero attached hydrogens (tertiary/aromatic N) is 2. The number of nitrogens with two attached hydrogens (primary N) is 1. The Balaban J connectivity index is 2.58. The van der Waals surface area contributed by atoms with Crippen LogP contribution in [0.5, 0.6) is 0 Å². The molecule has 0 bridgehead atoms. The Labute approximate surface area is 95.4 Å². The van der Waals surface area contributed by atoms with E-state index in [9.17, 15) is 14.4 Å². The highest BCUT2D eigenvalue weighted by Gasteiger charge is 2.22. The number of H-pyrrole nitrogens is 1. The summed E-state index contributed by atoms with van der Waals surface area (Å²) < 4.78 is 0. The van der Waals surface area contributed by atoms with Crippen molar-refractivity contribution in [3.8, 4) is 0 Å². The summed E-state index contributed by atoms with van der Waals surface area (Å²) in [6.45, 7) is 0. The van der Waals surface area contributed by atoms with Crippen molar-refractivity contribution in [3.05, 3.63) is 12.2 Å². The van der Waals surface area contributed by atoms with Gasteiger partial charge in [-0.05, 0) is 6.42 Å². The van der Waals surface area contributed by atoms with Crippen LogP contribution in [0.3, 0.4) is 0 Å². The SMILES string of the molecule is NC(=O)CC[C@H](NC(=O)c1ncn[nH]1)C(=O)O. The van der Waals surface area contributed by atoms with Gasteiger partial charge >= 0.3 is 5.97 Å². The van der Waals surface area contributed by atoms with Gasteiger partial charge in [-0.3, -0.25) is 14.7 Å². The number of hydrogen-bond donors (Lipinski definition) is 4. The molecule has 0 aliphatic rings. The molecule has 1 rings (SSSR count). The average molecular weight is 241 g/mol. The van der Waals surface area contributed by atoms with Crippen molar-refractivity contribution in [1.29, 1.82) is 0 Å². The molecule has 9 heteroatoms. The normalized spacial score (nSPS) is 11.8. The highest BCUT2D eigenvalue weighted by Crippen LogP contribution is 1.99. The Morgan fingerprint density at radius 3 is 2.71 bits per heavy atom. The van der Waals surface area contributed by atoms with Crippen molar-refractivity contribution >= 4 is 17.8 Å². The van der Waals surface area contributed by atoms with Crippen LogP contribution in [0.4, 0.5) is 0 Å². The Morgan fingerprint density at radius 2 is 2.24 bits per heavy atom. The first-order chi connectivity index (χ1) is 8.00. The molecule has 0 saturated carbocycles. The van der Waals surface area contributed by atoms with Crippen molar-refractivity contribution in [3.63, 3.8) is 0 Å². The van der Waals surface area contributed by atoms with Crippen molar-refractivity contribution in [2.75, 3.05) is 0 Å². The van der Waals surface area contributed by atoms with Gasteiger partial charge in [-0.15, -0.1) is 0 Å². The minimum atomic E-state index is -1.25. The van der Waals surface area contributed by atoms with Crippen LogP contribution in [0.1, 0.15) is 23.5 Å². The maximum atomic E-state index is 11.4. The van der Waals surface area contributed by atoms with Gasteiger partial charge in [-0.1, -0.05) is 0 Å². The molecule has 0 fully saturated rings. The third-order valence-corrected chi connectivity index (χ3v) is 1.91. The molecule has 5 N–H and O–H groups in total. The van der Waals surface area contributed by atoms with Crippen molar-refractivity contribution < 1.29 is 19.5 Å². The van der Waals surface area contributed by atoms with E-state index in [0.29, 0.717) is 0 Å². The van der Waals surface area contributed by atoms with E-state index in [-0.39, 0.29) is 18.7 Å². The zero-order chi connectivity index (χ0) is 12.8. The molecular weight excluding hydrogens is 230 g/mol. The Hall–Kier alpha value is -2.45. The largest absolute Gasteiger partial charge is 0.480 e. The van der Waals surface area contributed by atoms with Crippen molar-refractivity contribution in [2.45, 2.75) is 18.9 Å². The van der Waals surface area contributed by atoms with E-state index in [4.69, 9.17) is 10.8 Å². The predicted molar refractivity (Wildman–Crippen MR) is 53.7 cm³/mol. The zero-order valence-corrected chi connectivity index (χ0v) is 8.71. The van der Waals surface area contributed by atoms with E-state index >= 15 is 0 Å². The van der Waals surface area contributed by atoms with E-state index in [2.05, 4.69) is 20.5 Å². The summed E-state index contributed by atoms with van der Waals surface area (Å²) in [6, 6.07) is -1.19. The van der Waals surface area contributed by atoms with Crippen LogP contribution in [0.25, 0.3) is 0 Å². The van der Waals surface area contributed by atoms with Crippen LogP contribution in [0, 0.1) is 0 Å². The summed E-state index contributed by atoms with van der Waals surface area (Å²) in [5.41, 5.74) is 4.89. The first-order valence-corrected chi connectivity index (χ1v) is 4.68. The molecule has 9 nitrogen and oxygen atoms in total. The third kappa shape index (κ3) is 3.89. The van der Waals surface area contributed by atoms with Crippen LogP contribution in [-0.2, 0) is 9.59 Å². The van der Waals surface area contributed by atoms with Gasteiger partial charge in [0.1, 0.15) is 12.4 Å². The molecule has 0 radical (unpaired) electrons. The van der Waals surface area contributed by atoms with Gasteiger partial charge in [0, 0.05) is 6.42 Å². The monoisotopic (exact) mass is 241 g/mol. The van der Waals surface area contributed by atoms with E-state index in [1.54, 1.807) is 0 Å². The fraction of sp³-hybridized carbons (Fsp3) is 0.375. The van der Waals surface area contributed by atoms with E-state index < -0.39 is 23.8 Å². The van der Waals surface area contributed by atoms with Crippen molar-refractivity contribution in [2.24, 2.45) is 5.73 Å². The Morgan fingerprint density at radius 1 is 1.53 bits per heavy atom. The molecule has 1 aromatic heterocycles. The fourth-order valence-electron chi connectivity index (χ4n) is 1.09. The van der Waals surface area contributed by atoms with Gasteiger partial charge in [0.2, 0.25) is 11.7 Å². The van der Waals surface area contributed by atoms with Gasteiger partial charge in [0.15, 0.2) is 0 Å². The standard InChI is InChI=1S/C8H11N5O4/c9-5(14)2-1-4(8(16)17)12-7(15)6-10-3-11-13-6/h3-4H,1-2H2,(H2,9,14)(H,12,15)(H,16,17)(H,10,11,13)/t4-/m0/s1. The van der Waals surface area contributed by atoms with Crippen LogP contribution in [0.15, 0.2) is 6.33 Å². The number of amides is 2. The topological polar surface area (TPSA) is 151 Å². The number of carboxylic acid groups (broad SMARTS) is 1. The van der Waals surface area contributed by atoms with Gasteiger partial charge in [0.05, 0.1) is 0 Å². The van der Waals surface area contributed by atoms with Gasteiger partial charge < -0.3 is 16.2 Å². The molecule has 0 spiro atoms. The number of aromatic amines is 1. The van der Waals surface area contributed by atoms with Crippen molar-refractivity contribution in [1.82, 2.24) is 20.5 Å². The number of primary amides is 1. The third-order valence-electron chi connectivity index (χ3n) is 1.91. The number of carboxylic acids is 1. The van der Waals surface area contributed by atoms with Gasteiger partial charge in [0.25, 0.3) is 5.91 Å². The fourth-order valence-corrected chi connectivity index (χ4v) is 1.09. The highest BCUT2D eigenvalue weighted by atomic mass is 16.4. The molecule has 17 heavy (non-hydrogen) atoms. The summed E-state index contributed by atoms with van der Waals surface area (Å²) in [6.07, 6.45) is 0.909.